The van der Waals surface area contributed by atoms with Crippen LogP contribution >= 0.6 is 0 Å². The van der Waals surface area contributed by atoms with E-state index in [1.54, 1.807) is 18.5 Å². The maximum Gasteiger partial charge on any atom is 0.244 e. The molecule has 0 amide bonds. The molecule has 0 unspecified atom stereocenters. The van der Waals surface area contributed by atoms with Gasteiger partial charge in [-0.25, -0.2) is 18.1 Å². The monoisotopic (exact) mass is 298 g/mol. The quantitative estimate of drug-likeness (QED) is 0.790. The minimum atomic E-state index is -3.56. The van der Waals surface area contributed by atoms with Crippen molar-refractivity contribution in [1.29, 1.82) is 0 Å². The van der Waals surface area contributed by atoms with Gasteiger partial charge in [0.05, 0.1) is 11.4 Å². The first-order valence-corrected chi connectivity index (χ1v) is 7.82. The number of hydrogen-bond acceptors (Lipinski definition) is 5. The fourth-order valence-electron chi connectivity index (χ4n) is 2.10. The molecule has 2 N–H and O–H groups in total. The summed E-state index contributed by atoms with van der Waals surface area (Å²) in [6.45, 7) is 6.28. The van der Waals surface area contributed by atoms with Gasteiger partial charge in [-0.05, 0) is 20.8 Å². The molecule has 0 spiro atoms. The Morgan fingerprint density at radius 3 is 2.70 bits per heavy atom. The zero-order valence-corrected chi connectivity index (χ0v) is 12.5. The molecule has 0 atom stereocenters. The highest BCUT2D eigenvalue weighted by atomic mass is 32.2. The number of H-pyrrole nitrogens is 1. The molecule has 0 aromatic carbocycles. The van der Waals surface area contributed by atoms with Gasteiger partial charge in [0.15, 0.2) is 0 Å². The lowest BCUT2D eigenvalue weighted by molar-refractivity contribution is 0.578. The van der Waals surface area contributed by atoms with Crippen LogP contribution in [0.15, 0.2) is 11.2 Å². The van der Waals surface area contributed by atoms with Crippen molar-refractivity contribution in [2.24, 2.45) is 0 Å². The Morgan fingerprint density at radius 2 is 2.15 bits per heavy atom. The Morgan fingerprint density at radius 1 is 1.40 bits per heavy atom. The average molecular weight is 298 g/mol. The van der Waals surface area contributed by atoms with Gasteiger partial charge in [-0.1, -0.05) is 0 Å². The Bertz CT molecular complexity index is 674. The third-order valence-corrected chi connectivity index (χ3v) is 4.71. The number of rotatable bonds is 6. The van der Waals surface area contributed by atoms with Crippen molar-refractivity contribution in [1.82, 2.24) is 29.7 Å². The van der Waals surface area contributed by atoms with Crippen LogP contribution in [0.5, 0.6) is 0 Å². The van der Waals surface area contributed by atoms with Gasteiger partial charge in [-0.3, -0.25) is 9.78 Å². The van der Waals surface area contributed by atoms with Crippen LogP contribution in [-0.4, -0.2) is 39.9 Å². The maximum atomic E-state index is 12.3. The van der Waals surface area contributed by atoms with Gasteiger partial charge < -0.3 is 0 Å². The zero-order valence-electron chi connectivity index (χ0n) is 11.7. The molecule has 0 aliphatic rings. The van der Waals surface area contributed by atoms with E-state index in [1.807, 2.05) is 6.92 Å². The molecular weight excluding hydrogens is 280 g/mol. The summed E-state index contributed by atoms with van der Waals surface area (Å²) in [5.74, 6) is 0.644. The standard InChI is InChI=1S/C11H18N6O2S/c1-4-17-9(3)11(8(2)16-17)20(18,19)14-6-5-10-12-7-13-15-10/h7,14H,4-6H2,1-3H3,(H,12,13,15). The number of aryl methyl sites for hydroxylation is 2. The first-order chi connectivity index (χ1) is 9.45. The number of sulfonamides is 1. The average Bonchev–Trinajstić information content (AvgIpc) is 2.97. The molecule has 0 fully saturated rings. The SMILES string of the molecule is CCn1nc(C)c(S(=O)(=O)NCCc2ncn[nH]2)c1C. The van der Waals surface area contributed by atoms with Crippen molar-refractivity contribution in [2.75, 3.05) is 6.54 Å². The van der Waals surface area contributed by atoms with Crippen LogP contribution in [0.25, 0.3) is 0 Å². The summed E-state index contributed by atoms with van der Waals surface area (Å²) in [6, 6.07) is 0. The van der Waals surface area contributed by atoms with E-state index >= 15 is 0 Å². The normalized spacial score (nSPS) is 11.9. The van der Waals surface area contributed by atoms with E-state index in [0.717, 1.165) is 0 Å². The molecule has 0 bridgehead atoms. The summed E-state index contributed by atoms with van der Waals surface area (Å²) in [6.07, 6.45) is 1.85. The minimum absolute atomic E-state index is 0.258. The Balaban J connectivity index is 2.12. The molecule has 110 valence electrons. The highest BCUT2D eigenvalue weighted by Gasteiger charge is 2.23. The number of nitrogens with one attached hydrogen (secondary N) is 2. The van der Waals surface area contributed by atoms with E-state index in [1.165, 1.54) is 6.33 Å². The minimum Gasteiger partial charge on any atom is -0.268 e. The third-order valence-electron chi connectivity index (χ3n) is 3.00. The lowest BCUT2D eigenvalue weighted by Crippen LogP contribution is -2.27. The molecule has 0 aliphatic carbocycles. The molecule has 8 nitrogen and oxygen atoms in total. The first kappa shape index (κ1) is 14.7. The molecular formula is C11H18N6O2S. The summed E-state index contributed by atoms with van der Waals surface area (Å²) in [4.78, 5) is 4.20. The van der Waals surface area contributed by atoms with Gasteiger partial charge in [0.2, 0.25) is 10.0 Å². The molecule has 9 heteroatoms. The van der Waals surface area contributed by atoms with E-state index < -0.39 is 10.0 Å². The van der Waals surface area contributed by atoms with Gasteiger partial charge in [-0.15, -0.1) is 0 Å². The largest absolute Gasteiger partial charge is 0.268 e. The predicted molar refractivity (Wildman–Crippen MR) is 72.7 cm³/mol. The smallest absolute Gasteiger partial charge is 0.244 e. The lowest BCUT2D eigenvalue weighted by Gasteiger charge is -2.06. The Kier molecular flexibility index (Phi) is 4.19. The van der Waals surface area contributed by atoms with Crippen LogP contribution in [0, 0.1) is 13.8 Å². The van der Waals surface area contributed by atoms with Crippen LogP contribution in [0.2, 0.25) is 0 Å². The second-order valence-electron chi connectivity index (χ2n) is 4.40. The molecule has 0 saturated heterocycles. The van der Waals surface area contributed by atoms with E-state index in [-0.39, 0.29) is 11.4 Å². The van der Waals surface area contributed by atoms with Crippen molar-refractivity contribution in [3.05, 3.63) is 23.5 Å². The van der Waals surface area contributed by atoms with E-state index in [4.69, 9.17) is 0 Å². The predicted octanol–water partition coefficient (Wildman–Crippen LogP) is 0.159. The van der Waals surface area contributed by atoms with Crippen LogP contribution in [0.4, 0.5) is 0 Å². The van der Waals surface area contributed by atoms with Crippen LogP contribution < -0.4 is 4.72 Å². The second-order valence-corrected chi connectivity index (χ2v) is 6.10. The molecule has 0 saturated carbocycles. The summed E-state index contributed by atoms with van der Waals surface area (Å²) in [5, 5.41) is 10.6. The Hall–Kier alpha value is -1.74. The maximum absolute atomic E-state index is 12.3. The number of aromatic nitrogens is 5. The van der Waals surface area contributed by atoms with Gasteiger partial charge in [0.25, 0.3) is 0 Å². The van der Waals surface area contributed by atoms with E-state index in [2.05, 4.69) is 25.0 Å². The van der Waals surface area contributed by atoms with Crippen molar-refractivity contribution in [3.63, 3.8) is 0 Å². The first-order valence-electron chi connectivity index (χ1n) is 6.33. The summed E-state index contributed by atoms with van der Waals surface area (Å²) in [5.41, 5.74) is 1.16. The lowest BCUT2D eigenvalue weighted by atomic mass is 10.4. The number of hydrogen-bond donors (Lipinski definition) is 2. The fraction of sp³-hybridized carbons (Fsp3) is 0.545. The molecule has 2 rings (SSSR count). The fourth-order valence-corrected chi connectivity index (χ4v) is 3.54. The summed E-state index contributed by atoms with van der Waals surface area (Å²) < 4.78 is 28.9. The van der Waals surface area contributed by atoms with Crippen LogP contribution in [-0.2, 0) is 23.0 Å². The summed E-state index contributed by atoms with van der Waals surface area (Å²) >= 11 is 0. The highest BCUT2D eigenvalue weighted by molar-refractivity contribution is 7.89. The molecule has 2 aromatic heterocycles. The van der Waals surface area contributed by atoms with Crippen LogP contribution in [0.1, 0.15) is 24.1 Å². The van der Waals surface area contributed by atoms with E-state index in [0.29, 0.717) is 30.2 Å². The number of nitrogens with zero attached hydrogens (tertiary/aromatic N) is 4. The topological polar surface area (TPSA) is 106 Å². The number of aromatic amines is 1. The molecule has 0 aliphatic heterocycles. The van der Waals surface area contributed by atoms with Gasteiger partial charge >= 0.3 is 0 Å². The van der Waals surface area contributed by atoms with Crippen molar-refractivity contribution < 1.29 is 8.42 Å². The van der Waals surface area contributed by atoms with Gasteiger partial charge in [-0.2, -0.15) is 10.2 Å². The van der Waals surface area contributed by atoms with Crippen molar-refractivity contribution in [3.8, 4) is 0 Å². The van der Waals surface area contributed by atoms with Crippen molar-refractivity contribution in [2.45, 2.75) is 38.6 Å². The Labute approximate surface area is 117 Å². The van der Waals surface area contributed by atoms with Crippen LogP contribution in [0.3, 0.4) is 0 Å². The van der Waals surface area contributed by atoms with E-state index in [9.17, 15) is 8.42 Å². The van der Waals surface area contributed by atoms with Gasteiger partial charge in [0.1, 0.15) is 17.0 Å². The molecule has 0 radical (unpaired) electrons. The molecule has 2 aromatic rings. The zero-order chi connectivity index (χ0) is 14.8. The second kappa shape index (κ2) is 5.71. The molecule has 2 heterocycles. The molecule has 20 heavy (non-hydrogen) atoms. The van der Waals surface area contributed by atoms with Crippen molar-refractivity contribution >= 4 is 10.0 Å². The highest BCUT2D eigenvalue weighted by Crippen LogP contribution is 2.18. The summed E-state index contributed by atoms with van der Waals surface area (Å²) in [7, 11) is -3.56. The van der Waals surface area contributed by atoms with Gasteiger partial charge in [0, 0.05) is 19.5 Å². The third kappa shape index (κ3) is 2.88.